The lowest BCUT2D eigenvalue weighted by Gasteiger charge is -2.12. The Balaban J connectivity index is 1.61. The van der Waals surface area contributed by atoms with Gasteiger partial charge < -0.3 is 9.47 Å². The van der Waals surface area contributed by atoms with Gasteiger partial charge in [-0.25, -0.2) is 9.79 Å². The summed E-state index contributed by atoms with van der Waals surface area (Å²) in [6.07, 6.45) is 1.73. The number of hydrogen-bond acceptors (Lipinski definition) is 4. The number of para-hydroxylation sites is 1. The summed E-state index contributed by atoms with van der Waals surface area (Å²) in [4.78, 5) is 16.7. The highest BCUT2D eigenvalue weighted by atomic mass is 16.6. The maximum absolute atomic E-state index is 12.3. The first kappa shape index (κ1) is 18.7. The molecule has 0 aliphatic carbocycles. The van der Waals surface area contributed by atoms with E-state index in [4.69, 9.17) is 9.47 Å². The molecule has 4 heteroatoms. The molecule has 0 N–H and O–H groups in total. The summed E-state index contributed by atoms with van der Waals surface area (Å²) >= 11 is 0. The summed E-state index contributed by atoms with van der Waals surface area (Å²) < 4.78 is 11.2. The zero-order valence-electron chi connectivity index (χ0n) is 16.3. The van der Waals surface area contributed by atoms with Gasteiger partial charge in [-0.2, -0.15) is 0 Å². The molecule has 0 radical (unpaired) electrons. The van der Waals surface area contributed by atoms with Gasteiger partial charge in [0, 0.05) is 11.1 Å². The van der Waals surface area contributed by atoms with Gasteiger partial charge in [0.1, 0.15) is 5.75 Å². The van der Waals surface area contributed by atoms with Crippen LogP contribution in [0.3, 0.4) is 0 Å². The van der Waals surface area contributed by atoms with Gasteiger partial charge >= 0.3 is 5.97 Å². The molecule has 0 atom stereocenters. The van der Waals surface area contributed by atoms with Gasteiger partial charge in [-0.05, 0) is 49.2 Å². The molecule has 29 heavy (non-hydrogen) atoms. The van der Waals surface area contributed by atoms with Crippen LogP contribution in [0.15, 0.2) is 89.6 Å². The Hall–Kier alpha value is -3.66. The minimum absolute atomic E-state index is 0.0345. The van der Waals surface area contributed by atoms with E-state index < -0.39 is 5.97 Å². The van der Waals surface area contributed by atoms with Crippen LogP contribution >= 0.6 is 0 Å². The third kappa shape index (κ3) is 4.27. The number of hydrogen-bond donors (Lipinski definition) is 0. The SMILES string of the molecule is CC(C)Oc1ccccc1/C=C1\N=C(c2ccc(-c3ccccc3)cc2)OC1=O. The second kappa shape index (κ2) is 8.15. The molecule has 0 aromatic heterocycles. The van der Waals surface area contributed by atoms with Crippen LogP contribution < -0.4 is 4.74 Å². The van der Waals surface area contributed by atoms with E-state index >= 15 is 0 Å². The van der Waals surface area contributed by atoms with Gasteiger partial charge in [-0.3, -0.25) is 0 Å². The maximum Gasteiger partial charge on any atom is 0.363 e. The molecule has 0 fully saturated rings. The standard InChI is InChI=1S/C25H21NO3/c1-17(2)28-23-11-7-6-10-21(23)16-22-25(27)29-24(26-22)20-14-12-19(13-15-20)18-8-4-3-5-9-18/h3-17H,1-2H3/b22-16-. The van der Waals surface area contributed by atoms with Crippen LogP contribution in [0.25, 0.3) is 17.2 Å². The molecular weight excluding hydrogens is 362 g/mol. The number of ether oxygens (including phenoxy) is 2. The first-order chi connectivity index (χ1) is 14.1. The van der Waals surface area contributed by atoms with Crippen LogP contribution in [0.4, 0.5) is 0 Å². The number of carbonyl (C=O) groups excluding carboxylic acids is 1. The predicted molar refractivity (Wildman–Crippen MR) is 115 cm³/mol. The lowest BCUT2D eigenvalue weighted by atomic mass is 10.0. The first-order valence-electron chi connectivity index (χ1n) is 9.54. The van der Waals surface area contributed by atoms with Crippen molar-refractivity contribution in [2.75, 3.05) is 0 Å². The maximum atomic E-state index is 12.3. The Morgan fingerprint density at radius 3 is 2.17 bits per heavy atom. The molecule has 0 amide bonds. The first-order valence-corrected chi connectivity index (χ1v) is 9.54. The fraction of sp³-hybridized carbons (Fsp3) is 0.120. The average molecular weight is 383 g/mol. The Kier molecular flexibility index (Phi) is 5.25. The Bertz CT molecular complexity index is 1080. The van der Waals surface area contributed by atoms with Crippen LogP contribution in [0, 0.1) is 0 Å². The van der Waals surface area contributed by atoms with Gasteiger partial charge in [0.15, 0.2) is 5.70 Å². The predicted octanol–water partition coefficient (Wildman–Crippen LogP) is 5.49. The topological polar surface area (TPSA) is 47.9 Å². The van der Waals surface area contributed by atoms with Crippen molar-refractivity contribution in [3.05, 3.63) is 95.7 Å². The summed E-state index contributed by atoms with van der Waals surface area (Å²) in [6.45, 7) is 3.92. The molecular formula is C25H21NO3. The van der Waals surface area contributed by atoms with Crippen molar-refractivity contribution in [3.8, 4) is 16.9 Å². The quantitative estimate of drug-likeness (QED) is 0.433. The normalized spacial score (nSPS) is 14.8. The molecule has 4 nitrogen and oxygen atoms in total. The largest absolute Gasteiger partial charge is 0.490 e. The van der Waals surface area contributed by atoms with Crippen molar-refractivity contribution in [2.45, 2.75) is 20.0 Å². The van der Waals surface area contributed by atoms with E-state index in [-0.39, 0.29) is 11.8 Å². The molecule has 0 saturated heterocycles. The highest BCUT2D eigenvalue weighted by molar-refractivity contribution is 6.13. The van der Waals surface area contributed by atoms with Crippen molar-refractivity contribution in [3.63, 3.8) is 0 Å². The third-order valence-corrected chi connectivity index (χ3v) is 4.43. The summed E-state index contributed by atoms with van der Waals surface area (Å²) in [6, 6.07) is 25.5. The van der Waals surface area contributed by atoms with Gasteiger partial charge in [0.05, 0.1) is 6.10 Å². The fourth-order valence-corrected chi connectivity index (χ4v) is 3.08. The number of benzene rings is 3. The molecule has 0 unspecified atom stereocenters. The summed E-state index contributed by atoms with van der Waals surface area (Å²) in [5, 5.41) is 0. The van der Waals surface area contributed by atoms with E-state index in [2.05, 4.69) is 17.1 Å². The summed E-state index contributed by atoms with van der Waals surface area (Å²) in [5.41, 5.74) is 4.03. The Morgan fingerprint density at radius 2 is 1.45 bits per heavy atom. The Morgan fingerprint density at radius 1 is 0.828 bits per heavy atom. The molecule has 3 aromatic carbocycles. The smallest absolute Gasteiger partial charge is 0.363 e. The monoisotopic (exact) mass is 383 g/mol. The zero-order chi connectivity index (χ0) is 20.2. The van der Waals surface area contributed by atoms with E-state index in [1.54, 1.807) is 6.08 Å². The van der Waals surface area contributed by atoms with E-state index in [0.717, 1.165) is 22.3 Å². The van der Waals surface area contributed by atoms with Crippen molar-refractivity contribution < 1.29 is 14.3 Å². The van der Waals surface area contributed by atoms with Crippen LogP contribution in [0.5, 0.6) is 5.75 Å². The van der Waals surface area contributed by atoms with Gasteiger partial charge in [-0.15, -0.1) is 0 Å². The van der Waals surface area contributed by atoms with Gasteiger partial charge in [0.25, 0.3) is 0 Å². The van der Waals surface area contributed by atoms with Crippen LogP contribution in [-0.2, 0) is 9.53 Å². The number of aliphatic imine (C=N–C) groups is 1. The van der Waals surface area contributed by atoms with Crippen LogP contribution in [0.1, 0.15) is 25.0 Å². The van der Waals surface area contributed by atoms with Gasteiger partial charge in [0.2, 0.25) is 5.90 Å². The van der Waals surface area contributed by atoms with Crippen molar-refractivity contribution in [1.29, 1.82) is 0 Å². The molecule has 0 bridgehead atoms. The van der Waals surface area contributed by atoms with E-state index in [9.17, 15) is 4.79 Å². The van der Waals surface area contributed by atoms with Crippen LogP contribution in [-0.4, -0.2) is 18.0 Å². The lowest BCUT2D eigenvalue weighted by molar-refractivity contribution is -0.129. The van der Waals surface area contributed by atoms with E-state index in [0.29, 0.717) is 11.6 Å². The van der Waals surface area contributed by atoms with Gasteiger partial charge in [-0.1, -0.05) is 60.7 Å². The van der Waals surface area contributed by atoms with Crippen molar-refractivity contribution in [2.24, 2.45) is 4.99 Å². The van der Waals surface area contributed by atoms with Crippen molar-refractivity contribution >= 4 is 17.9 Å². The highest BCUT2D eigenvalue weighted by Crippen LogP contribution is 2.26. The second-order valence-electron chi connectivity index (χ2n) is 6.98. The molecule has 1 aliphatic rings. The second-order valence-corrected chi connectivity index (χ2v) is 6.98. The number of carbonyl (C=O) groups is 1. The van der Waals surface area contributed by atoms with E-state index in [1.807, 2.05) is 80.6 Å². The van der Waals surface area contributed by atoms with Crippen LogP contribution in [0.2, 0.25) is 0 Å². The number of cyclic esters (lactones) is 1. The molecule has 3 aromatic rings. The fourth-order valence-electron chi connectivity index (χ4n) is 3.08. The molecule has 4 rings (SSSR count). The number of rotatable bonds is 5. The minimum Gasteiger partial charge on any atom is -0.490 e. The number of nitrogens with zero attached hydrogens (tertiary/aromatic N) is 1. The zero-order valence-corrected chi connectivity index (χ0v) is 16.3. The molecule has 1 heterocycles. The Labute approximate surface area is 170 Å². The molecule has 0 spiro atoms. The third-order valence-electron chi connectivity index (χ3n) is 4.43. The molecule has 0 saturated carbocycles. The van der Waals surface area contributed by atoms with E-state index in [1.165, 1.54) is 0 Å². The summed E-state index contributed by atoms with van der Waals surface area (Å²) in [7, 11) is 0. The molecule has 1 aliphatic heterocycles. The van der Waals surface area contributed by atoms with Crippen molar-refractivity contribution in [1.82, 2.24) is 0 Å². The summed E-state index contributed by atoms with van der Waals surface area (Å²) in [5.74, 6) is 0.549. The average Bonchev–Trinajstić information content (AvgIpc) is 3.10. The molecule has 144 valence electrons. The minimum atomic E-state index is -0.466. The number of esters is 1. The highest BCUT2D eigenvalue weighted by Gasteiger charge is 2.24. The lowest BCUT2D eigenvalue weighted by Crippen LogP contribution is -2.07.